The van der Waals surface area contributed by atoms with Crippen LogP contribution in [0.1, 0.15) is 25.3 Å². The zero-order valence-electron chi connectivity index (χ0n) is 23.2. The van der Waals surface area contributed by atoms with Crippen LogP contribution in [0.2, 0.25) is 0 Å². The molecule has 24 heteroatoms. The maximum atomic E-state index is 15.1. The fourth-order valence-electron chi connectivity index (χ4n) is 5.45. The zero-order valence-corrected chi connectivity index (χ0v) is 25.0. The van der Waals surface area contributed by atoms with E-state index in [1.807, 2.05) is 0 Å². The maximum absolute atomic E-state index is 15.1. The number of anilines is 1. The number of nitrogen functional groups attached to an aromatic ring is 1. The second-order valence-corrected chi connectivity index (χ2v) is 13.1. The molecule has 7 heterocycles. The number of alkyl halides is 1. The fourth-order valence-corrected chi connectivity index (χ4v) is 6.76. The first-order chi connectivity index (χ1) is 21.9. The number of hydrogen-bond acceptors (Lipinski definition) is 14. The van der Waals surface area contributed by atoms with Gasteiger partial charge in [-0.25, -0.2) is 38.4 Å². The van der Waals surface area contributed by atoms with Gasteiger partial charge in [0.1, 0.15) is 48.8 Å². The van der Waals surface area contributed by atoms with E-state index in [-0.39, 0.29) is 41.1 Å². The van der Waals surface area contributed by atoms with Crippen LogP contribution in [0.15, 0.2) is 36.2 Å². The van der Waals surface area contributed by atoms with E-state index in [1.54, 1.807) is 10.6 Å². The van der Waals surface area contributed by atoms with Gasteiger partial charge in [-0.2, -0.15) is 0 Å². The maximum Gasteiger partial charge on any atom is 0.472 e. The summed E-state index contributed by atoms with van der Waals surface area (Å²) in [5, 5.41) is 0. The van der Waals surface area contributed by atoms with Gasteiger partial charge < -0.3 is 29.9 Å². The summed E-state index contributed by atoms with van der Waals surface area (Å²) in [5.41, 5.74) is 6.25. The summed E-state index contributed by atoms with van der Waals surface area (Å²) in [6.07, 6.45) is -0.819. The molecule has 6 N–H and O–H groups in total. The minimum atomic E-state index is -4.96. The van der Waals surface area contributed by atoms with Crippen LogP contribution in [-0.2, 0) is 32.2 Å². The molecule has 5 aromatic heterocycles. The van der Waals surface area contributed by atoms with Gasteiger partial charge in [-0.3, -0.25) is 36.9 Å². The van der Waals surface area contributed by atoms with Gasteiger partial charge in [-0.05, 0) is 0 Å². The van der Waals surface area contributed by atoms with Gasteiger partial charge in [0.25, 0.3) is 5.56 Å². The molecule has 2 aliphatic heterocycles. The second kappa shape index (κ2) is 11.5. The number of nitrogens with one attached hydrogen (secondary N) is 1. The summed E-state index contributed by atoms with van der Waals surface area (Å²) in [6.45, 7) is -1.43. The average Bonchev–Trinajstić information content (AvgIpc) is 3.80. The first-order valence-electron chi connectivity index (χ1n) is 13.5. The van der Waals surface area contributed by atoms with E-state index in [2.05, 4.69) is 34.4 Å². The van der Waals surface area contributed by atoms with Crippen molar-refractivity contribution in [3.63, 3.8) is 0 Å². The van der Waals surface area contributed by atoms with E-state index < -0.39 is 71.4 Å². The zero-order chi connectivity index (χ0) is 32.4. The number of phosphoric ester groups is 2. The molecule has 0 spiro atoms. The summed E-state index contributed by atoms with van der Waals surface area (Å²) in [7, 11) is -9.91. The highest BCUT2D eigenvalue weighted by atomic mass is 31.2. The van der Waals surface area contributed by atoms with Gasteiger partial charge in [0.2, 0.25) is 5.78 Å². The highest BCUT2D eigenvalue weighted by Crippen LogP contribution is 2.50. The molecule has 0 saturated carbocycles. The number of nitrogens with two attached hydrogens (primary N) is 1. The van der Waals surface area contributed by atoms with Crippen molar-refractivity contribution >= 4 is 49.6 Å². The number of hydrogen-bond donors (Lipinski definition) is 5. The lowest BCUT2D eigenvalue weighted by molar-refractivity contribution is -0.0505. The van der Waals surface area contributed by atoms with Crippen LogP contribution in [0.5, 0.6) is 0 Å². The minimum absolute atomic E-state index is 0.0754. The Labute approximate surface area is 254 Å². The monoisotopic (exact) mass is 686 g/mol. The number of H-pyrrole nitrogens is 1. The first-order valence-corrected chi connectivity index (χ1v) is 16.5. The van der Waals surface area contributed by atoms with Gasteiger partial charge in [0, 0.05) is 25.2 Å². The predicted molar refractivity (Wildman–Crippen MR) is 149 cm³/mol. The van der Waals surface area contributed by atoms with Crippen LogP contribution in [0.25, 0.3) is 28.1 Å². The number of fused-ring (bicyclic) bond motifs is 4. The minimum Gasteiger partial charge on any atom is -0.382 e. The van der Waals surface area contributed by atoms with Crippen LogP contribution < -0.4 is 11.3 Å². The first kappa shape index (κ1) is 30.9. The van der Waals surface area contributed by atoms with Crippen LogP contribution >= 0.6 is 15.6 Å². The van der Waals surface area contributed by atoms with Gasteiger partial charge in [0.05, 0.1) is 25.9 Å². The van der Waals surface area contributed by atoms with Crippen molar-refractivity contribution in [2.24, 2.45) is 0 Å². The number of rotatable bonds is 10. The van der Waals surface area contributed by atoms with E-state index in [0.29, 0.717) is 5.65 Å². The van der Waals surface area contributed by atoms with Crippen LogP contribution in [0.3, 0.4) is 0 Å². The van der Waals surface area contributed by atoms with E-state index in [4.69, 9.17) is 24.3 Å². The summed E-state index contributed by atoms with van der Waals surface area (Å²) < 4.78 is 70.6. The Hall–Kier alpha value is -3.69. The average molecular weight is 686 g/mol. The van der Waals surface area contributed by atoms with E-state index in [0.717, 1.165) is 0 Å². The number of phosphoric acid groups is 2. The van der Waals surface area contributed by atoms with Crippen molar-refractivity contribution in [3.8, 4) is 0 Å². The molecule has 2 aliphatic rings. The third-order valence-corrected chi connectivity index (χ3v) is 9.00. The fraction of sp³-hybridized carbons (Fsp3) is 0.455. The topological polar surface area (TPSA) is 279 Å². The summed E-state index contributed by atoms with van der Waals surface area (Å²) in [6, 6.07) is 0. The molecule has 0 aromatic carbocycles. The lowest BCUT2D eigenvalue weighted by Gasteiger charge is -2.22. The molecular formula is C22H25FN10O11P2. The Morgan fingerprint density at radius 3 is 2.50 bits per heavy atom. The Morgan fingerprint density at radius 2 is 1.70 bits per heavy atom. The molecular weight excluding hydrogens is 661 g/mol. The molecule has 0 bridgehead atoms. The molecule has 21 nitrogen and oxygen atoms in total. The smallest absolute Gasteiger partial charge is 0.382 e. The van der Waals surface area contributed by atoms with Crippen molar-refractivity contribution in [2.45, 2.75) is 49.8 Å². The normalized spacial score (nSPS) is 26.9. The lowest BCUT2D eigenvalue weighted by Crippen LogP contribution is -2.29. The quantitative estimate of drug-likeness (QED) is 0.124. The second-order valence-electron chi connectivity index (χ2n) is 10.4. The third-order valence-electron chi connectivity index (χ3n) is 7.50. The summed E-state index contributed by atoms with van der Waals surface area (Å²) >= 11 is 0. The summed E-state index contributed by atoms with van der Waals surface area (Å²) in [4.78, 5) is 64.2. The lowest BCUT2D eigenvalue weighted by atomic mass is 10.2. The highest BCUT2D eigenvalue weighted by molar-refractivity contribution is 7.47. The molecule has 0 radical (unpaired) electrons. The van der Waals surface area contributed by atoms with Gasteiger partial charge in [0.15, 0.2) is 22.6 Å². The third kappa shape index (κ3) is 5.84. The Morgan fingerprint density at radius 1 is 0.978 bits per heavy atom. The molecule has 46 heavy (non-hydrogen) atoms. The molecule has 0 amide bonds. The molecule has 2 saturated heterocycles. The van der Waals surface area contributed by atoms with Gasteiger partial charge >= 0.3 is 15.6 Å². The highest BCUT2D eigenvalue weighted by Gasteiger charge is 2.45. The van der Waals surface area contributed by atoms with Gasteiger partial charge in [-0.1, -0.05) is 0 Å². The predicted octanol–water partition coefficient (Wildman–Crippen LogP) is 0.319. The molecule has 2 fully saturated rings. The van der Waals surface area contributed by atoms with Crippen molar-refractivity contribution in [3.05, 3.63) is 41.7 Å². The van der Waals surface area contributed by atoms with Crippen molar-refractivity contribution in [1.29, 1.82) is 0 Å². The number of aromatic nitrogens is 9. The van der Waals surface area contributed by atoms with Crippen molar-refractivity contribution in [2.75, 3.05) is 18.9 Å². The number of halogens is 1. The molecule has 5 aromatic rings. The van der Waals surface area contributed by atoms with Crippen molar-refractivity contribution in [1.82, 2.24) is 43.4 Å². The number of ether oxygens (including phenoxy) is 2. The number of imidazole rings is 3. The largest absolute Gasteiger partial charge is 0.472 e. The number of aromatic amines is 1. The Bertz CT molecular complexity index is 2080. The van der Waals surface area contributed by atoms with E-state index in [1.165, 1.54) is 34.3 Å². The van der Waals surface area contributed by atoms with Gasteiger partial charge in [-0.15, -0.1) is 0 Å². The Kier molecular flexibility index (Phi) is 7.75. The molecule has 0 aliphatic carbocycles. The number of nitrogens with zero attached hydrogens (tertiary/aromatic N) is 8. The molecule has 7 rings (SSSR count). The SMILES string of the molecule is Nc1ncnc2c1ncn2[C@H]1C[C@H](OP(=O)(O)OC[C@H]2O[C@@H](n3cnc4c(=O)[nH]c5nccn5c43)C[C@@H]2F)[C@@H](COP(=O)(O)O)O1. The van der Waals surface area contributed by atoms with Crippen LogP contribution in [0, 0.1) is 0 Å². The standard InChI is InChI=1S/C22H25FN10O11P2/c23-10-3-14(33-9-29-17-20(34)30-22-25-1-2-31(22)21(17)33)42-12(10)5-41-46(38,39)44-11-4-15(43-13(11)6-40-45(35,36)37)32-8-28-16-18(24)26-7-27-19(16)32/h1-2,7-15H,3-6H2,(H,38,39)(H2,24,26,27)(H,25,30,34)(H2,35,36,37)/t10-,11-,12+,13+,14+,15+/m0/s1. The Balaban J connectivity index is 1.05. The van der Waals surface area contributed by atoms with Crippen LogP contribution in [0.4, 0.5) is 10.2 Å². The molecule has 1 unspecified atom stereocenters. The molecule has 7 atom stereocenters. The summed E-state index contributed by atoms with van der Waals surface area (Å²) in [5.74, 6) is 0.338. The van der Waals surface area contributed by atoms with E-state index in [9.17, 15) is 28.6 Å². The van der Waals surface area contributed by atoms with Crippen LogP contribution in [-0.4, -0.2) is 95.8 Å². The van der Waals surface area contributed by atoms with E-state index >= 15 is 4.39 Å². The molecule has 246 valence electrons. The van der Waals surface area contributed by atoms with Crippen molar-refractivity contribution < 1.29 is 51.2 Å².